The number of aromatic nitrogens is 6. The van der Waals surface area contributed by atoms with Crippen LogP contribution in [0.1, 0.15) is 62.5 Å². The van der Waals surface area contributed by atoms with Gasteiger partial charge in [0.2, 0.25) is 0 Å². The SMILES string of the molecule is C#C[C@@]1(CO)C=C[C@H](n2cc(C)c(=O)[nH]c2=O)O1.C#C[C@@]1(COC(=O)c2ccc(-c3ccccc3)cc2)C=C[C@H](n2cc(C)c(=O)[nH]c2=O)O1.Cc1cn([C@H]2C=C[C@@](CC=O)(COC(=O)c3ccc(-c4ccccc4)cc3)O2)c(=O)[nH]c1=O. The van der Waals surface area contributed by atoms with Crippen molar-refractivity contribution in [1.29, 1.82) is 0 Å². The number of aromatic amines is 3. The number of benzene rings is 4. The van der Waals surface area contributed by atoms with Crippen molar-refractivity contribution in [2.75, 3.05) is 19.8 Å². The van der Waals surface area contributed by atoms with Gasteiger partial charge in [0.25, 0.3) is 16.7 Å². The predicted molar refractivity (Wildman–Crippen MR) is 304 cm³/mol. The van der Waals surface area contributed by atoms with Crippen LogP contribution in [-0.2, 0) is 28.5 Å². The molecule has 0 radical (unpaired) electrons. The minimum absolute atomic E-state index is 0.0721. The van der Waals surface area contributed by atoms with Crippen LogP contribution in [0.3, 0.4) is 0 Å². The number of ether oxygens (including phenoxy) is 5. The number of carbonyl (C=O) groups is 3. The van der Waals surface area contributed by atoms with Gasteiger partial charge in [-0.1, -0.05) is 96.8 Å². The van der Waals surface area contributed by atoms with Gasteiger partial charge in [0.05, 0.1) is 17.7 Å². The first kappa shape index (κ1) is 58.8. The molecule has 7 aromatic rings. The van der Waals surface area contributed by atoms with Gasteiger partial charge in [-0.25, -0.2) is 24.0 Å². The summed E-state index contributed by atoms with van der Waals surface area (Å²) < 4.78 is 31.7. The lowest BCUT2D eigenvalue weighted by atomic mass is 10.0. The topological polar surface area (TPSA) is 282 Å². The zero-order valence-electron chi connectivity index (χ0n) is 44.9. The van der Waals surface area contributed by atoms with Crippen LogP contribution in [0.15, 0.2) is 193 Å². The van der Waals surface area contributed by atoms with Crippen molar-refractivity contribution in [3.8, 4) is 46.9 Å². The minimum Gasteiger partial charge on any atom is -0.459 e. The number of nitrogens with one attached hydrogen (secondary N) is 3. The molecule has 0 saturated carbocycles. The summed E-state index contributed by atoms with van der Waals surface area (Å²) in [7, 11) is 0. The highest BCUT2D eigenvalue weighted by Crippen LogP contribution is 2.33. The summed E-state index contributed by atoms with van der Waals surface area (Å²) >= 11 is 0. The molecule has 4 N–H and O–H groups in total. The molecule has 0 aliphatic carbocycles. The first-order valence-electron chi connectivity index (χ1n) is 25.6. The van der Waals surface area contributed by atoms with E-state index in [9.17, 15) is 48.3 Å². The summed E-state index contributed by atoms with van der Waals surface area (Å²) in [6.07, 6.45) is 22.7. The lowest BCUT2D eigenvalue weighted by molar-refractivity contribution is -0.121. The van der Waals surface area contributed by atoms with Crippen LogP contribution in [-0.4, -0.2) is 88.6 Å². The van der Waals surface area contributed by atoms with Crippen molar-refractivity contribution < 1.29 is 43.2 Å². The van der Waals surface area contributed by atoms with Gasteiger partial charge < -0.3 is 33.6 Å². The van der Waals surface area contributed by atoms with Gasteiger partial charge in [0, 0.05) is 41.7 Å². The van der Waals surface area contributed by atoms with Gasteiger partial charge in [-0.3, -0.25) is 43.0 Å². The molecule has 0 amide bonds. The van der Waals surface area contributed by atoms with E-state index in [1.165, 1.54) is 38.4 Å². The Kier molecular flexibility index (Phi) is 18.0. The summed E-state index contributed by atoms with van der Waals surface area (Å²) in [5.74, 6) is 3.71. The number of aldehydes is 1. The maximum absolute atomic E-state index is 12.6. The number of aryl methyl sites for hydroxylation is 3. The van der Waals surface area contributed by atoms with E-state index >= 15 is 0 Å². The zero-order chi connectivity index (χ0) is 59.5. The second-order valence-electron chi connectivity index (χ2n) is 19.2. The molecule has 21 nitrogen and oxygen atoms in total. The number of hydrogen-bond acceptors (Lipinski definition) is 15. The molecule has 6 atom stereocenters. The molecule has 0 fully saturated rings. The molecule has 0 spiro atoms. The molecule has 0 saturated heterocycles. The van der Waals surface area contributed by atoms with Gasteiger partial charge in [-0.05, 0) is 104 Å². The Morgan fingerprint density at radius 2 is 0.904 bits per heavy atom. The summed E-state index contributed by atoms with van der Waals surface area (Å²) in [5, 5.41) is 9.19. The average Bonchev–Trinajstić information content (AvgIpc) is 4.32. The maximum Gasteiger partial charge on any atom is 0.338 e. The third-order valence-electron chi connectivity index (χ3n) is 13.4. The Morgan fingerprint density at radius 1 is 0.542 bits per heavy atom. The van der Waals surface area contributed by atoms with E-state index in [1.54, 1.807) is 75.4 Å². The molecule has 10 rings (SSSR count). The van der Waals surface area contributed by atoms with Crippen molar-refractivity contribution in [1.82, 2.24) is 28.7 Å². The van der Waals surface area contributed by atoms with Gasteiger partial charge in [0.1, 0.15) is 25.1 Å². The summed E-state index contributed by atoms with van der Waals surface area (Å²) in [4.78, 5) is 113. The number of rotatable bonds is 14. The third-order valence-corrected chi connectivity index (χ3v) is 13.4. The molecule has 4 aromatic carbocycles. The van der Waals surface area contributed by atoms with E-state index in [0.717, 1.165) is 22.3 Å². The molecule has 3 aromatic heterocycles. The Balaban J connectivity index is 0.000000170. The fraction of sp³-hybridized carbons (Fsp3) is 0.210. The van der Waals surface area contributed by atoms with Crippen LogP contribution < -0.4 is 33.7 Å². The number of hydrogen-bond donors (Lipinski definition) is 4. The fourth-order valence-corrected chi connectivity index (χ4v) is 8.62. The van der Waals surface area contributed by atoms with Crippen LogP contribution >= 0.6 is 0 Å². The molecule has 83 heavy (non-hydrogen) atoms. The zero-order valence-corrected chi connectivity index (χ0v) is 44.9. The first-order valence-corrected chi connectivity index (χ1v) is 25.6. The number of carbonyl (C=O) groups excluding carboxylic acids is 3. The van der Waals surface area contributed by atoms with Crippen LogP contribution in [0.2, 0.25) is 0 Å². The van der Waals surface area contributed by atoms with E-state index in [1.807, 2.05) is 84.9 Å². The van der Waals surface area contributed by atoms with E-state index in [2.05, 4.69) is 26.8 Å². The normalized spacial score (nSPS) is 20.9. The number of aliphatic hydroxyl groups is 1. The molecule has 0 bridgehead atoms. The molecule has 6 heterocycles. The van der Waals surface area contributed by atoms with Crippen molar-refractivity contribution in [3.05, 3.63) is 255 Å². The number of nitrogens with zero attached hydrogens (tertiary/aromatic N) is 3. The van der Waals surface area contributed by atoms with E-state index < -0.39 is 81.2 Å². The highest BCUT2D eigenvalue weighted by Gasteiger charge is 2.39. The molecule has 3 aliphatic heterocycles. The van der Waals surface area contributed by atoms with Crippen LogP contribution in [0.25, 0.3) is 22.3 Å². The molecule has 21 heteroatoms. The maximum atomic E-state index is 12.6. The Labute approximate surface area is 472 Å². The highest BCUT2D eigenvalue weighted by atomic mass is 16.6. The Hall–Kier alpha value is -10.3. The third kappa shape index (κ3) is 13.7. The van der Waals surface area contributed by atoms with Gasteiger partial charge in [-0.15, -0.1) is 12.8 Å². The average molecular weight is 1120 g/mol. The number of H-pyrrole nitrogens is 3. The van der Waals surface area contributed by atoms with Crippen LogP contribution in [0, 0.1) is 45.5 Å². The largest absolute Gasteiger partial charge is 0.459 e. The Morgan fingerprint density at radius 3 is 1.29 bits per heavy atom. The lowest BCUT2D eigenvalue weighted by Gasteiger charge is -2.27. The monoisotopic (exact) mass is 1120 g/mol. The van der Waals surface area contributed by atoms with Gasteiger partial charge in [-0.2, -0.15) is 0 Å². The molecule has 422 valence electrons. The molecule has 0 unspecified atom stereocenters. The van der Waals surface area contributed by atoms with Gasteiger partial charge in [0.15, 0.2) is 29.9 Å². The van der Waals surface area contributed by atoms with Crippen molar-refractivity contribution in [2.24, 2.45) is 0 Å². The fourth-order valence-electron chi connectivity index (χ4n) is 8.62. The number of esters is 2. The summed E-state index contributed by atoms with van der Waals surface area (Å²) in [5.41, 5.74) is -1.16. The van der Waals surface area contributed by atoms with Crippen molar-refractivity contribution >= 4 is 18.2 Å². The first-order chi connectivity index (χ1) is 39.8. The van der Waals surface area contributed by atoms with Gasteiger partial charge >= 0.3 is 29.0 Å². The second-order valence-corrected chi connectivity index (χ2v) is 19.2. The highest BCUT2D eigenvalue weighted by molar-refractivity contribution is 5.91. The molecule has 3 aliphatic rings. The smallest absolute Gasteiger partial charge is 0.338 e. The quantitative estimate of drug-likeness (QED) is 0.0488. The molecular weight excluding hydrogens is 1070 g/mol. The number of terminal acetylenes is 2. The summed E-state index contributed by atoms with van der Waals surface area (Å²) in [6, 6.07) is 33.6. The second kappa shape index (κ2) is 25.4. The minimum atomic E-state index is -1.33. The van der Waals surface area contributed by atoms with Crippen molar-refractivity contribution in [3.63, 3.8) is 0 Å². The number of aliphatic hydroxyl groups excluding tert-OH is 1. The Bertz CT molecular complexity index is 4110. The van der Waals surface area contributed by atoms with Crippen LogP contribution in [0.5, 0.6) is 0 Å². The standard InChI is InChI=1S/C25H22N2O6.C25H20N2O5.C12H12N2O4/c1-17-15-27(24(31)26-22(17)29)21-11-12-25(33-21,13-14-28)16-32-23(30)20-9-7-19(8-10-20)18-5-3-2-4-6-18;1-3-25(14-13-21(32-25)27-15-17(2)22(28)26-24(27)30)16-31-23(29)20-11-9-19(10-12-20)18-7-5-4-6-8-18;1-3-12(7-15)5-4-9(18-12)14-6-8(2)10(16)13-11(14)17/h2-12,14-15,21H,13,16H2,1H3,(H,26,29,31);1,4-15,21H,16H2,2H3,(H,26,28,30);1,4-6,9,15H,7H2,2H3,(H,13,16,17)/t21-,25-;21-,25+;9-,12+/m111/s1. The summed E-state index contributed by atoms with van der Waals surface area (Å²) in [6.45, 7) is 3.90. The van der Waals surface area contributed by atoms with E-state index in [0.29, 0.717) is 34.1 Å². The van der Waals surface area contributed by atoms with E-state index in [4.69, 9.17) is 36.5 Å². The van der Waals surface area contributed by atoms with Crippen LogP contribution in [0.4, 0.5) is 0 Å². The lowest BCUT2D eigenvalue weighted by Crippen LogP contribution is -2.39. The van der Waals surface area contributed by atoms with E-state index in [-0.39, 0.29) is 26.2 Å². The van der Waals surface area contributed by atoms with Crippen molar-refractivity contribution in [2.45, 2.75) is 62.7 Å². The molecular formula is C62H54N6O15. The predicted octanol–water partition coefficient (Wildman–Crippen LogP) is 4.90.